The van der Waals surface area contributed by atoms with Gasteiger partial charge in [-0.2, -0.15) is 5.26 Å². The number of carbonyl (C=O) groups is 1. The van der Waals surface area contributed by atoms with Crippen molar-refractivity contribution < 1.29 is 14.3 Å². The molecule has 2 aliphatic rings. The largest absolute Gasteiger partial charge is 0.492 e. The summed E-state index contributed by atoms with van der Waals surface area (Å²) < 4.78 is 13.5. The number of hydrogen-bond acceptors (Lipinski definition) is 8. The predicted molar refractivity (Wildman–Crippen MR) is 147 cm³/mol. The maximum absolute atomic E-state index is 14.2. The summed E-state index contributed by atoms with van der Waals surface area (Å²) in [6.45, 7) is 7.27. The van der Waals surface area contributed by atoms with Crippen LogP contribution < -0.4 is 10.1 Å². The number of rotatable bonds is 9. The van der Waals surface area contributed by atoms with E-state index in [-0.39, 0.29) is 17.4 Å². The van der Waals surface area contributed by atoms with Gasteiger partial charge in [-0.1, -0.05) is 6.07 Å². The Morgan fingerprint density at radius 1 is 1.28 bits per heavy atom. The smallest absolute Gasteiger partial charge is 0.254 e. The molecule has 0 bridgehead atoms. The van der Waals surface area contributed by atoms with Crippen LogP contribution in [0.3, 0.4) is 0 Å². The van der Waals surface area contributed by atoms with Crippen molar-refractivity contribution in [2.24, 2.45) is 0 Å². The fourth-order valence-electron chi connectivity index (χ4n) is 5.71. The van der Waals surface area contributed by atoms with E-state index in [1.165, 1.54) is 6.20 Å². The minimum atomic E-state index is -0.319. The normalized spacial score (nSPS) is 16.5. The van der Waals surface area contributed by atoms with E-state index in [4.69, 9.17) is 9.47 Å². The fraction of sp³-hybridized carbons (Fsp3) is 0.448. The molecular weight excluding hydrogens is 494 g/mol. The summed E-state index contributed by atoms with van der Waals surface area (Å²) in [6.07, 6.45) is 5.22. The summed E-state index contributed by atoms with van der Waals surface area (Å²) >= 11 is 0. The number of aromatic nitrogens is 3. The Kier molecular flexibility index (Phi) is 7.30. The van der Waals surface area contributed by atoms with Gasteiger partial charge in [-0.05, 0) is 50.7 Å². The van der Waals surface area contributed by atoms with E-state index in [1.807, 2.05) is 56.7 Å². The Morgan fingerprint density at radius 3 is 2.72 bits per heavy atom. The molecule has 4 heterocycles. The van der Waals surface area contributed by atoms with Crippen LogP contribution in [0.25, 0.3) is 0 Å². The second-order valence-electron chi connectivity index (χ2n) is 10.6. The zero-order valence-corrected chi connectivity index (χ0v) is 23.2. The number of nitriles is 1. The van der Waals surface area contributed by atoms with E-state index in [0.29, 0.717) is 49.9 Å². The third-order valence-electron chi connectivity index (χ3n) is 7.51. The Balaban J connectivity index is 1.58. The first kappa shape index (κ1) is 26.7. The molecule has 1 unspecified atom stereocenters. The zero-order chi connectivity index (χ0) is 27.7. The van der Waals surface area contributed by atoms with Crippen molar-refractivity contribution in [1.82, 2.24) is 24.3 Å². The van der Waals surface area contributed by atoms with E-state index >= 15 is 0 Å². The summed E-state index contributed by atoms with van der Waals surface area (Å²) in [5.41, 5.74) is 4.79. The van der Waals surface area contributed by atoms with E-state index in [1.54, 1.807) is 12.3 Å². The molecule has 39 heavy (non-hydrogen) atoms. The van der Waals surface area contributed by atoms with Gasteiger partial charge in [0, 0.05) is 50.4 Å². The van der Waals surface area contributed by atoms with Crippen LogP contribution in [0.4, 0.5) is 5.95 Å². The van der Waals surface area contributed by atoms with Gasteiger partial charge in [-0.25, -0.2) is 4.98 Å². The second-order valence-corrected chi connectivity index (χ2v) is 10.6. The molecule has 0 aliphatic carbocycles. The lowest BCUT2D eigenvalue weighted by molar-refractivity contribution is -0.0793. The maximum Gasteiger partial charge on any atom is 0.254 e. The van der Waals surface area contributed by atoms with Crippen LogP contribution in [0.2, 0.25) is 0 Å². The molecule has 0 saturated carbocycles. The minimum absolute atomic E-state index is 0.0273. The molecule has 10 heteroatoms. The van der Waals surface area contributed by atoms with Gasteiger partial charge in [0.1, 0.15) is 17.4 Å². The topological polar surface area (TPSA) is 109 Å². The van der Waals surface area contributed by atoms with Crippen molar-refractivity contribution in [3.63, 3.8) is 0 Å². The highest BCUT2D eigenvalue weighted by molar-refractivity contribution is 5.98. The first-order valence-electron chi connectivity index (χ1n) is 13.2. The van der Waals surface area contributed by atoms with Crippen LogP contribution in [0.1, 0.15) is 58.2 Å². The lowest BCUT2D eigenvalue weighted by atomic mass is 9.70. The quantitative estimate of drug-likeness (QED) is 0.450. The number of anilines is 1. The van der Waals surface area contributed by atoms with Crippen molar-refractivity contribution in [1.29, 1.82) is 5.26 Å². The van der Waals surface area contributed by atoms with Crippen molar-refractivity contribution in [2.45, 2.75) is 38.4 Å². The minimum Gasteiger partial charge on any atom is -0.492 e. The van der Waals surface area contributed by atoms with E-state index < -0.39 is 0 Å². The van der Waals surface area contributed by atoms with Gasteiger partial charge >= 0.3 is 0 Å². The molecule has 204 valence electrons. The van der Waals surface area contributed by atoms with Crippen LogP contribution in [0.5, 0.6) is 5.75 Å². The highest BCUT2D eigenvalue weighted by Crippen LogP contribution is 2.44. The number of nitrogens with zero attached hydrogens (tertiary/aromatic N) is 6. The molecule has 1 N–H and O–H groups in total. The lowest BCUT2D eigenvalue weighted by Crippen LogP contribution is -2.60. The molecule has 1 atom stereocenters. The highest BCUT2D eigenvalue weighted by atomic mass is 16.5. The molecule has 1 fully saturated rings. The van der Waals surface area contributed by atoms with Crippen LogP contribution in [0.15, 0.2) is 36.8 Å². The van der Waals surface area contributed by atoms with Gasteiger partial charge in [-0.15, -0.1) is 0 Å². The van der Waals surface area contributed by atoms with E-state index in [2.05, 4.69) is 32.3 Å². The van der Waals surface area contributed by atoms with Gasteiger partial charge in [0.25, 0.3) is 5.91 Å². The summed E-state index contributed by atoms with van der Waals surface area (Å²) in [6, 6.07) is 7.86. The fourth-order valence-corrected chi connectivity index (χ4v) is 5.71. The Hall–Kier alpha value is -3.94. The number of hydrogen-bond donors (Lipinski definition) is 1. The molecule has 5 rings (SSSR count). The first-order valence-corrected chi connectivity index (χ1v) is 13.2. The number of ether oxygens (including phenoxy) is 2. The number of fused-ring (bicyclic) bond motifs is 2. The Labute approximate surface area is 229 Å². The van der Waals surface area contributed by atoms with Gasteiger partial charge in [0.2, 0.25) is 5.95 Å². The molecular formula is C29H35N7O3. The summed E-state index contributed by atoms with van der Waals surface area (Å²) in [5.74, 6) is 1.23. The average molecular weight is 530 g/mol. The van der Waals surface area contributed by atoms with Gasteiger partial charge < -0.3 is 29.2 Å². The standard InChI is InChI=1S/C29H35N7O3/c1-6-39-25-11-24(33-13-22(25)12-30)19(2)36-16-29(17-38-18-29)26-21(15-34(4)5)9-20(10-23(26)27(36)37)14-35-8-7-32-28(35)31-3/h7-11,13,19H,6,14-18H2,1-5H3,(H,31,32). The number of benzene rings is 1. The van der Waals surface area contributed by atoms with Crippen LogP contribution in [-0.4, -0.2) is 77.8 Å². The molecule has 3 aromatic rings. The Morgan fingerprint density at radius 2 is 2.08 bits per heavy atom. The first-order chi connectivity index (χ1) is 18.8. The summed E-state index contributed by atoms with van der Waals surface area (Å²) in [4.78, 5) is 27.2. The van der Waals surface area contributed by atoms with Crippen molar-refractivity contribution in [3.8, 4) is 11.8 Å². The number of amides is 1. The third-order valence-corrected chi connectivity index (χ3v) is 7.51. The molecule has 1 spiro atoms. The molecule has 1 amide bonds. The van der Waals surface area contributed by atoms with Crippen LogP contribution >= 0.6 is 0 Å². The molecule has 1 saturated heterocycles. The van der Waals surface area contributed by atoms with Crippen LogP contribution in [-0.2, 0) is 23.2 Å². The second kappa shape index (κ2) is 10.7. The molecule has 1 aromatic carbocycles. The zero-order valence-electron chi connectivity index (χ0n) is 23.2. The molecule has 2 aromatic heterocycles. The number of pyridine rings is 1. The van der Waals surface area contributed by atoms with Crippen molar-refractivity contribution in [3.05, 3.63) is 70.3 Å². The Bertz CT molecular complexity index is 1420. The van der Waals surface area contributed by atoms with Gasteiger partial charge in [0.05, 0.1) is 43.5 Å². The average Bonchev–Trinajstić information content (AvgIpc) is 3.34. The lowest BCUT2D eigenvalue weighted by Gasteiger charge is -2.51. The molecule has 2 aliphatic heterocycles. The van der Waals surface area contributed by atoms with Crippen molar-refractivity contribution in [2.75, 3.05) is 52.8 Å². The van der Waals surface area contributed by atoms with Gasteiger partial charge in [-0.3, -0.25) is 9.78 Å². The summed E-state index contributed by atoms with van der Waals surface area (Å²) in [7, 11) is 5.94. The molecule has 0 radical (unpaired) electrons. The molecule has 10 nitrogen and oxygen atoms in total. The highest BCUT2D eigenvalue weighted by Gasteiger charge is 2.51. The number of carbonyl (C=O) groups excluding carboxylic acids is 1. The number of imidazole rings is 1. The maximum atomic E-state index is 14.2. The monoisotopic (exact) mass is 529 g/mol. The van der Waals surface area contributed by atoms with Crippen molar-refractivity contribution >= 4 is 11.9 Å². The van der Waals surface area contributed by atoms with E-state index in [0.717, 1.165) is 34.7 Å². The number of nitrogens with one attached hydrogen (secondary N) is 1. The third kappa shape index (κ3) is 4.84. The summed E-state index contributed by atoms with van der Waals surface area (Å²) in [5, 5.41) is 12.6. The predicted octanol–water partition coefficient (Wildman–Crippen LogP) is 3.19. The SMILES string of the molecule is CCOc1cc(C(C)N2CC3(COC3)c3c(CN(C)C)cc(Cn4ccnc4NC)cc3C2=O)ncc1C#N. The van der Waals surface area contributed by atoms with Gasteiger partial charge in [0.15, 0.2) is 0 Å². The van der Waals surface area contributed by atoms with E-state index in [9.17, 15) is 10.1 Å². The van der Waals surface area contributed by atoms with Crippen LogP contribution in [0, 0.1) is 11.3 Å².